The van der Waals surface area contributed by atoms with Crippen molar-refractivity contribution < 1.29 is 14.0 Å². The summed E-state index contributed by atoms with van der Waals surface area (Å²) in [5.74, 6) is -0.359. The van der Waals surface area contributed by atoms with E-state index >= 15 is 0 Å². The van der Waals surface area contributed by atoms with Crippen LogP contribution in [0.15, 0.2) is 54.6 Å². The monoisotopic (exact) mass is 461 g/mol. The number of halogens is 1. The Morgan fingerprint density at radius 3 is 2.38 bits per heavy atom. The third-order valence-corrected chi connectivity index (χ3v) is 6.82. The Kier molecular flexibility index (Phi) is 7.15. The van der Waals surface area contributed by atoms with Gasteiger partial charge in [0.15, 0.2) is 0 Å². The Morgan fingerprint density at radius 1 is 1.00 bits per heavy atom. The van der Waals surface area contributed by atoms with Gasteiger partial charge in [-0.05, 0) is 69.4 Å². The molecule has 2 amide bonds. The van der Waals surface area contributed by atoms with Gasteiger partial charge in [-0.25, -0.2) is 4.39 Å². The minimum atomic E-state index is -0.245. The van der Waals surface area contributed by atoms with Gasteiger partial charge in [-0.15, -0.1) is 0 Å². The minimum absolute atomic E-state index is 0.0128. The zero-order chi connectivity index (χ0) is 24.2. The maximum Gasteiger partial charge on any atom is 0.255 e. The lowest BCUT2D eigenvalue weighted by Gasteiger charge is -2.31. The summed E-state index contributed by atoms with van der Waals surface area (Å²) in [6.45, 7) is 7.60. The molecule has 2 aromatic carbocycles. The maximum atomic E-state index is 13.7. The normalized spacial score (nSPS) is 14.3. The van der Waals surface area contributed by atoms with Crippen molar-refractivity contribution in [2.24, 2.45) is 5.92 Å². The molecule has 0 spiro atoms. The van der Waals surface area contributed by atoms with Gasteiger partial charge in [0.05, 0.1) is 5.56 Å². The Morgan fingerprint density at radius 2 is 1.68 bits per heavy atom. The third-order valence-electron chi connectivity index (χ3n) is 6.82. The molecule has 1 saturated heterocycles. The molecule has 178 valence electrons. The summed E-state index contributed by atoms with van der Waals surface area (Å²) in [5.41, 5.74) is 5.52. The molecule has 0 radical (unpaired) electrons. The van der Waals surface area contributed by atoms with Gasteiger partial charge in [0, 0.05) is 42.6 Å². The molecule has 0 atom stereocenters. The Hall–Kier alpha value is -3.41. The first-order valence-corrected chi connectivity index (χ1v) is 11.9. The van der Waals surface area contributed by atoms with Gasteiger partial charge in [0.1, 0.15) is 5.82 Å². The number of aromatic nitrogens is 1. The predicted molar refractivity (Wildman–Crippen MR) is 132 cm³/mol. The molecule has 3 aromatic rings. The van der Waals surface area contributed by atoms with Gasteiger partial charge in [0.2, 0.25) is 5.91 Å². The summed E-state index contributed by atoms with van der Waals surface area (Å²) in [4.78, 5) is 27.8. The topological polar surface area (TPSA) is 54.3 Å². The number of carbonyl (C=O) groups excluding carboxylic acids is 2. The second-order valence-corrected chi connectivity index (χ2v) is 9.11. The number of nitrogens with zero attached hydrogens (tertiary/aromatic N) is 2. The molecule has 1 aromatic heterocycles. The lowest BCUT2D eigenvalue weighted by Crippen LogP contribution is -2.43. The molecule has 1 fully saturated rings. The van der Waals surface area contributed by atoms with Crippen LogP contribution in [0.25, 0.3) is 5.69 Å². The minimum Gasteiger partial charge on any atom is -0.356 e. The smallest absolute Gasteiger partial charge is 0.255 e. The van der Waals surface area contributed by atoms with E-state index in [1.54, 1.807) is 18.2 Å². The summed E-state index contributed by atoms with van der Waals surface area (Å²) in [6, 6.07) is 16.8. The van der Waals surface area contributed by atoms with E-state index in [1.807, 2.05) is 36.9 Å². The molecule has 0 saturated carbocycles. The second-order valence-electron chi connectivity index (χ2n) is 9.11. The van der Waals surface area contributed by atoms with E-state index in [0.717, 1.165) is 22.6 Å². The standard InChI is InChI=1S/C28H32FN3O2/c1-19-8-4-7-11-26(19)32-20(2)18-24(21(32)3)28(34)31-16-13-23(14-17-31)27(33)30-15-12-22-9-5-6-10-25(22)29/h4-11,18,23H,12-17H2,1-3H3,(H,30,33). The number of carbonyl (C=O) groups is 2. The van der Waals surface area contributed by atoms with Gasteiger partial charge < -0.3 is 14.8 Å². The van der Waals surface area contributed by atoms with E-state index in [4.69, 9.17) is 0 Å². The molecular weight excluding hydrogens is 429 g/mol. The summed E-state index contributed by atoms with van der Waals surface area (Å²) in [5, 5.41) is 2.93. The lowest BCUT2D eigenvalue weighted by molar-refractivity contribution is -0.126. The number of aryl methyl sites for hydroxylation is 2. The van der Waals surface area contributed by atoms with E-state index in [1.165, 1.54) is 6.07 Å². The Balaban J connectivity index is 1.34. The van der Waals surface area contributed by atoms with Crippen LogP contribution in [0.5, 0.6) is 0 Å². The molecular formula is C28H32FN3O2. The highest BCUT2D eigenvalue weighted by Crippen LogP contribution is 2.26. The van der Waals surface area contributed by atoms with Crippen LogP contribution in [0.3, 0.4) is 0 Å². The number of nitrogens with one attached hydrogen (secondary N) is 1. The fourth-order valence-corrected chi connectivity index (χ4v) is 4.85. The highest BCUT2D eigenvalue weighted by Gasteiger charge is 2.29. The number of rotatable bonds is 6. The number of hydrogen-bond donors (Lipinski definition) is 1. The van der Waals surface area contributed by atoms with Crippen LogP contribution >= 0.6 is 0 Å². The van der Waals surface area contributed by atoms with E-state index in [-0.39, 0.29) is 23.5 Å². The third kappa shape index (κ3) is 4.91. The number of amides is 2. The Labute approximate surface area is 200 Å². The lowest BCUT2D eigenvalue weighted by atomic mass is 9.95. The second kappa shape index (κ2) is 10.2. The highest BCUT2D eigenvalue weighted by molar-refractivity contribution is 5.96. The number of hydrogen-bond acceptors (Lipinski definition) is 2. The fourth-order valence-electron chi connectivity index (χ4n) is 4.85. The molecule has 0 unspecified atom stereocenters. The zero-order valence-corrected chi connectivity index (χ0v) is 20.1. The largest absolute Gasteiger partial charge is 0.356 e. The molecule has 34 heavy (non-hydrogen) atoms. The molecule has 1 aliphatic rings. The predicted octanol–water partition coefficient (Wildman–Crippen LogP) is 4.75. The van der Waals surface area contributed by atoms with E-state index in [0.29, 0.717) is 50.0 Å². The highest BCUT2D eigenvalue weighted by atomic mass is 19.1. The van der Waals surface area contributed by atoms with Gasteiger partial charge in [-0.3, -0.25) is 9.59 Å². The van der Waals surface area contributed by atoms with Crippen LogP contribution in [-0.2, 0) is 11.2 Å². The zero-order valence-electron chi connectivity index (χ0n) is 20.1. The summed E-state index contributed by atoms with van der Waals surface area (Å²) >= 11 is 0. The van der Waals surface area contributed by atoms with Crippen molar-refractivity contribution in [3.63, 3.8) is 0 Å². The number of likely N-dealkylation sites (tertiary alicyclic amines) is 1. The van der Waals surface area contributed by atoms with Crippen LogP contribution in [0.1, 0.15) is 45.7 Å². The first-order chi connectivity index (χ1) is 16.4. The van der Waals surface area contributed by atoms with Crippen LogP contribution in [-0.4, -0.2) is 40.9 Å². The first-order valence-electron chi connectivity index (χ1n) is 11.9. The van der Waals surface area contributed by atoms with Crippen molar-refractivity contribution in [2.75, 3.05) is 19.6 Å². The molecule has 0 aliphatic carbocycles. The molecule has 6 heteroatoms. The average molecular weight is 462 g/mol. The number of piperidine rings is 1. The summed E-state index contributed by atoms with van der Waals surface area (Å²) in [6.07, 6.45) is 1.73. The summed E-state index contributed by atoms with van der Waals surface area (Å²) < 4.78 is 15.9. The van der Waals surface area contributed by atoms with Crippen LogP contribution in [0, 0.1) is 32.5 Å². The fraction of sp³-hybridized carbons (Fsp3) is 0.357. The molecule has 4 rings (SSSR count). The van der Waals surface area contributed by atoms with Gasteiger partial charge >= 0.3 is 0 Å². The van der Waals surface area contributed by atoms with Gasteiger partial charge in [-0.2, -0.15) is 0 Å². The number of para-hydroxylation sites is 1. The van der Waals surface area contributed by atoms with Crippen LogP contribution < -0.4 is 5.32 Å². The van der Waals surface area contributed by atoms with Crippen molar-refractivity contribution in [2.45, 2.75) is 40.0 Å². The quantitative estimate of drug-likeness (QED) is 0.576. The van der Waals surface area contributed by atoms with Crippen molar-refractivity contribution in [3.8, 4) is 5.69 Å². The first kappa shape index (κ1) is 23.7. The Bertz CT molecular complexity index is 1190. The van der Waals surface area contributed by atoms with E-state index in [9.17, 15) is 14.0 Å². The van der Waals surface area contributed by atoms with Crippen molar-refractivity contribution in [1.29, 1.82) is 0 Å². The van der Waals surface area contributed by atoms with E-state index < -0.39 is 0 Å². The molecule has 2 heterocycles. The van der Waals surface area contributed by atoms with E-state index in [2.05, 4.69) is 28.9 Å². The molecule has 1 aliphatic heterocycles. The van der Waals surface area contributed by atoms with Crippen LogP contribution in [0.4, 0.5) is 4.39 Å². The summed E-state index contributed by atoms with van der Waals surface area (Å²) in [7, 11) is 0. The van der Waals surface area contributed by atoms with Crippen molar-refractivity contribution >= 4 is 11.8 Å². The van der Waals surface area contributed by atoms with Crippen LogP contribution in [0.2, 0.25) is 0 Å². The SMILES string of the molecule is Cc1ccccc1-n1c(C)cc(C(=O)N2CCC(C(=O)NCCc3ccccc3F)CC2)c1C. The van der Waals surface area contributed by atoms with Gasteiger partial charge in [-0.1, -0.05) is 36.4 Å². The average Bonchev–Trinajstić information content (AvgIpc) is 3.14. The number of benzene rings is 2. The molecule has 1 N–H and O–H groups in total. The maximum absolute atomic E-state index is 13.7. The van der Waals surface area contributed by atoms with Crippen molar-refractivity contribution in [1.82, 2.24) is 14.8 Å². The molecule has 5 nitrogen and oxygen atoms in total. The van der Waals surface area contributed by atoms with Crippen molar-refractivity contribution in [3.05, 3.63) is 88.5 Å². The molecule has 0 bridgehead atoms. The van der Waals surface area contributed by atoms with Gasteiger partial charge in [0.25, 0.3) is 5.91 Å².